The molecule has 0 amide bonds. The largest absolute Gasteiger partial charge is 0.292 e. The summed E-state index contributed by atoms with van der Waals surface area (Å²) in [4.78, 5) is 11.6. The maximum atomic E-state index is 11.6. The van der Waals surface area contributed by atoms with Crippen LogP contribution in [0.25, 0.3) is 0 Å². The molecule has 1 aromatic heterocycles. The summed E-state index contributed by atoms with van der Waals surface area (Å²) in [5.74, 6) is 0.896. The van der Waals surface area contributed by atoms with Crippen LogP contribution >= 0.6 is 0 Å². The lowest BCUT2D eigenvalue weighted by Crippen LogP contribution is -2.39. The summed E-state index contributed by atoms with van der Waals surface area (Å²) < 4.78 is 1.97. The molecule has 0 fully saturated rings. The van der Waals surface area contributed by atoms with Crippen LogP contribution in [0, 0.1) is 5.92 Å². The fraction of sp³-hybridized carbons (Fsp3) is 0.538. The van der Waals surface area contributed by atoms with Crippen molar-refractivity contribution in [2.75, 3.05) is 0 Å². The summed E-state index contributed by atoms with van der Waals surface area (Å²) in [6, 6.07) is 4.10. The van der Waals surface area contributed by atoms with Gasteiger partial charge in [0.05, 0.1) is 0 Å². The molecule has 0 bridgehead atoms. The lowest BCUT2D eigenvalue weighted by Gasteiger charge is -2.04. The van der Waals surface area contributed by atoms with E-state index in [1.165, 1.54) is 5.56 Å². The lowest BCUT2D eigenvalue weighted by atomic mass is 10.1. The smallest absolute Gasteiger partial charge is 0.206 e. The van der Waals surface area contributed by atoms with E-state index in [4.69, 9.17) is 0 Å². The van der Waals surface area contributed by atoms with Gasteiger partial charge in [-0.15, -0.1) is 0 Å². The summed E-state index contributed by atoms with van der Waals surface area (Å²) >= 11 is 0. The van der Waals surface area contributed by atoms with E-state index in [1.807, 2.05) is 30.7 Å². The molecular formula is C13H20NO+. The summed E-state index contributed by atoms with van der Waals surface area (Å²) in [6.07, 6.45) is 4.01. The third-order valence-electron chi connectivity index (χ3n) is 2.53. The van der Waals surface area contributed by atoms with Gasteiger partial charge in [0, 0.05) is 17.5 Å². The third kappa shape index (κ3) is 3.46. The molecule has 0 aromatic carbocycles. The van der Waals surface area contributed by atoms with Crippen molar-refractivity contribution >= 4 is 5.78 Å². The first kappa shape index (κ1) is 11.9. The number of aromatic nitrogens is 1. The highest BCUT2D eigenvalue weighted by atomic mass is 16.1. The molecule has 2 heteroatoms. The molecule has 0 saturated heterocycles. The standard InChI is InChI=1S/C13H20NO/c1-10(2)12-6-5-7-14(8-12)9-13(15)11(3)4/h5-8,10-11H,9H2,1-4H3/q+1. The predicted octanol–water partition coefficient (Wildman–Crippen LogP) is 2.32. The quantitative estimate of drug-likeness (QED) is 0.693. The molecule has 1 heterocycles. The van der Waals surface area contributed by atoms with Gasteiger partial charge in [0.15, 0.2) is 18.2 Å². The maximum Gasteiger partial charge on any atom is 0.206 e. The van der Waals surface area contributed by atoms with Crippen LogP contribution in [0.3, 0.4) is 0 Å². The second kappa shape index (κ2) is 5.06. The van der Waals surface area contributed by atoms with Crippen LogP contribution in [-0.4, -0.2) is 5.78 Å². The van der Waals surface area contributed by atoms with Crippen molar-refractivity contribution in [2.24, 2.45) is 5.92 Å². The monoisotopic (exact) mass is 206 g/mol. The van der Waals surface area contributed by atoms with E-state index >= 15 is 0 Å². The SMILES string of the molecule is CC(C)C(=O)C[n+]1cccc(C(C)C)c1. The van der Waals surface area contributed by atoms with Gasteiger partial charge < -0.3 is 0 Å². The number of carbonyl (C=O) groups excluding carboxylic acids is 1. The Balaban J connectivity index is 2.78. The van der Waals surface area contributed by atoms with Gasteiger partial charge in [-0.3, -0.25) is 4.79 Å². The van der Waals surface area contributed by atoms with Crippen molar-refractivity contribution in [3.63, 3.8) is 0 Å². The van der Waals surface area contributed by atoms with Gasteiger partial charge >= 0.3 is 0 Å². The van der Waals surface area contributed by atoms with Crippen molar-refractivity contribution in [3.05, 3.63) is 30.1 Å². The minimum absolute atomic E-state index is 0.111. The van der Waals surface area contributed by atoms with Crippen molar-refractivity contribution in [2.45, 2.75) is 40.2 Å². The molecule has 82 valence electrons. The van der Waals surface area contributed by atoms with Crippen LogP contribution in [0.5, 0.6) is 0 Å². The van der Waals surface area contributed by atoms with Gasteiger partial charge in [-0.1, -0.05) is 27.7 Å². The first-order chi connectivity index (χ1) is 7.00. The van der Waals surface area contributed by atoms with E-state index in [2.05, 4.69) is 26.1 Å². The van der Waals surface area contributed by atoms with E-state index in [0.717, 1.165) is 0 Å². The molecule has 0 aliphatic rings. The molecule has 0 aliphatic heterocycles. The Bertz CT molecular complexity index is 342. The molecule has 1 rings (SSSR count). The van der Waals surface area contributed by atoms with Gasteiger partial charge in [-0.2, -0.15) is 4.57 Å². The molecule has 0 unspecified atom stereocenters. The van der Waals surface area contributed by atoms with Crippen LogP contribution in [0.4, 0.5) is 0 Å². The molecule has 0 atom stereocenters. The first-order valence-electron chi connectivity index (χ1n) is 5.52. The van der Waals surface area contributed by atoms with Crippen LogP contribution in [0.15, 0.2) is 24.5 Å². The number of hydrogen-bond donors (Lipinski definition) is 0. The minimum atomic E-state index is 0.111. The van der Waals surface area contributed by atoms with Gasteiger partial charge in [-0.25, -0.2) is 0 Å². The first-order valence-corrected chi connectivity index (χ1v) is 5.52. The van der Waals surface area contributed by atoms with E-state index in [-0.39, 0.29) is 11.7 Å². The molecule has 0 aliphatic carbocycles. The highest BCUT2D eigenvalue weighted by Crippen LogP contribution is 2.10. The minimum Gasteiger partial charge on any atom is -0.292 e. The Morgan fingerprint density at radius 2 is 2.00 bits per heavy atom. The van der Waals surface area contributed by atoms with Crippen LogP contribution in [-0.2, 0) is 11.3 Å². The maximum absolute atomic E-state index is 11.6. The number of hydrogen-bond acceptors (Lipinski definition) is 1. The molecule has 0 N–H and O–H groups in total. The average Bonchev–Trinajstić information content (AvgIpc) is 2.18. The Labute approximate surface area is 91.9 Å². The van der Waals surface area contributed by atoms with Gasteiger partial charge in [0.2, 0.25) is 6.54 Å². The highest BCUT2D eigenvalue weighted by molar-refractivity contribution is 5.78. The summed E-state index contributed by atoms with van der Waals surface area (Å²) in [7, 11) is 0. The molecule has 2 nitrogen and oxygen atoms in total. The molecule has 0 saturated carbocycles. The van der Waals surface area contributed by atoms with Gasteiger partial charge in [0.1, 0.15) is 0 Å². The number of rotatable bonds is 4. The Morgan fingerprint density at radius 1 is 1.33 bits per heavy atom. The van der Waals surface area contributed by atoms with Crippen molar-refractivity contribution in [1.82, 2.24) is 0 Å². The average molecular weight is 206 g/mol. The highest BCUT2D eigenvalue weighted by Gasteiger charge is 2.14. The summed E-state index contributed by atoms with van der Waals surface area (Å²) in [5, 5.41) is 0. The fourth-order valence-electron chi connectivity index (χ4n) is 1.34. The lowest BCUT2D eigenvalue weighted by molar-refractivity contribution is -0.685. The van der Waals surface area contributed by atoms with Crippen LogP contribution in [0.1, 0.15) is 39.2 Å². The van der Waals surface area contributed by atoms with E-state index < -0.39 is 0 Å². The zero-order valence-electron chi connectivity index (χ0n) is 10.0. The zero-order chi connectivity index (χ0) is 11.4. The van der Waals surface area contributed by atoms with E-state index in [1.54, 1.807) is 0 Å². The fourth-order valence-corrected chi connectivity index (χ4v) is 1.34. The Morgan fingerprint density at radius 3 is 2.53 bits per heavy atom. The number of Topliss-reactive ketones (excluding diaryl/α,β-unsaturated/α-hetero) is 1. The van der Waals surface area contributed by atoms with E-state index in [0.29, 0.717) is 12.5 Å². The van der Waals surface area contributed by atoms with Crippen molar-refractivity contribution < 1.29 is 9.36 Å². The number of ketones is 1. The van der Waals surface area contributed by atoms with Crippen LogP contribution < -0.4 is 4.57 Å². The number of carbonyl (C=O) groups is 1. The zero-order valence-corrected chi connectivity index (χ0v) is 10.0. The van der Waals surface area contributed by atoms with Crippen LogP contribution in [0.2, 0.25) is 0 Å². The Kier molecular flexibility index (Phi) is 4.01. The van der Waals surface area contributed by atoms with E-state index in [9.17, 15) is 4.79 Å². The van der Waals surface area contributed by atoms with Gasteiger partial charge in [0.25, 0.3) is 0 Å². The number of pyridine rings is 1. The second-order valence-corrected chi connectivity index (χ2v) is 4.59. The van der Waals surface area contributed by atoms with Gasteiger partial charge in [-0.05, 0) is 12.0 Å². The number of nitrogens with zero attached hydrogens (tertiary/aromatic N) is 1. The predicted molar refractivity (Wildman–Crippen MR) is 60.6 cm³/mol. The Hall–Kier alpha value is -1.18. The van der Waals surface area contributed by atoms with Crippen molar-refractivity contribution in [3.8, 4) is 0 Å². The van der Waals surface area contributed by atoms with Crippen molar-refractivity contribution in [1.29, 1.82) is 0 Å². The molecule has 15 heavy (non-hydrogen) atoms. The normalized spacial score (nSPS) is 11.1. The topological polar surface area (TPSA) is 20.9 Å². The summed E-state index contributed by atoms with van der Waals surface area (Å²) in [6.45, 7) is 8.68. The molecule has 1 aromatic rings. The molecule has 0 spiro atoms. The molecular weight excluding hydrogens is 186 g/mol. The molecule has 0 radical (unpaired) electrons. The second-order valence-electron chi connectivity index (χ2n) is 4.59. The third-order valence-corrected chi connectivity index (χ3v) is 2.53. The summed E-state index contributed by atoms with van der Waals surface area (Å²) in [5.41, 5.74) is 1.27.